The Morgan fingerprint density at radius 3 is 1.09 bits per heavy atom. The van der Waals surface area contributed by atoms with Crippen molar-refractivity contribution < 1.29 is 24.2 Å². The predicted molar refractivity (Wildman–Crippen MR) is 237 cm³/mol. The highest BCUT2D eigenvalue weighted by atomic mass is 16.5. The summed E-state index contributed by atoms with van der Waals surface area (Å²) in [5.41, 5.74) is 0. The van der Waals surface area contributed by atoms with Crippen LogP contribution in [0.4, 0.5) is 0 Å². The maximum Gasteiger partial charge on any atom is 0.305 e. The van der Waals surface area contributed by atoms with Crippen molar-refractivity contribution in [2.24, 2.45) is 11.8 Å². The van der Waals surface area contributed by atoms with Crippen molar-refractivity contribution in [3.8, 4) is 0 Å². The topological polar surface area (TPSA) is 84.9 Å². The van der Waals surface area contributed by atoms with E-state index in [1.54, 1.807) is 0 Å². The molecule has 0 aromatic rings. The van der Waals surface area contributed by atoms with Crippen LogP contribution in [-0.4, -0.2) is 49.5 Å². The van der Waals surface area contributed by atoms with Crippen LogP contribution in [0.15, 0.2) is 0 Å². The Balaban J connectivity index is 4.41. The van der Waals surface area contributed by atoms with E-state index in [-0.39, 0.29) is 18.5 Å². The van der Waals surface area contributed by atoms with Crippen molar-refractivity contribution in [2.45, 2.75) is 265 Å². The molecule has 6 heteroatoms. The van der Waals surface area contributed by atoms with E-state index >= 15 is 0 Å². The van der Waals surface area contributed by atoms with Crippen molar-refractivity contribution in [1.29, 1.82) is 0 Å². The molecule has 2 N–H and O–H groups in total. The zero-order valence-corrected chi connectivity index (χ0v) is 37.6. The minimum absolute atomic E-state index is 0.0182. The molecule has 3 atom stereocenters. The maximum atomic E-state index is 12.7. The number of hydrogen-bond donors (Lipinski definition) is 2. The van der Waals surface area contributed by atoms with E-state index < -0.39 is 0 Å². The van der Waals surface area contributed by atoms with Gasteiger partial charge >= 0.3 is 11.9 Å². The van der Waals surface area contributed by atoms with Gasteiger partial charge in [-0.25, -0.2) is 0 Å². The van der Waals surface area contributed by atoms with Crippen LogP contribution in [0.25, 0.3) is 0 Å². The van der Waals surface area contributed by atoms with Gasteiger partial charge in [-0.15, -0.1) is 0 Å². The summed E-state index contributed by atoms with van der Waals surface area (Å²) >= 11 is 0. The quantitative estimate of drug-likeness (QED) is 0.0473. The second kappa shape index (κ2) is 44.0. The van der Waals surface area contributed by atoms with Crippen LogP contribution in [-0.2, 0) is 19.1 Å². The average Bonchev–Trinajstić information content (AvgIpc) is 3.18. The summed E-state index contributed by atoms with van der Waals surface area (Å²) in [5, 5.41) is 13.0. The first-order valence-electron chi connectivity index (χ1n) is 24.7. The molecule has 6 nitrogen and oxygen atoms in total. The first-order chi connectivity index (χ1) is 27.0. The second-order valence-electron chi connectivity index (χ2n) is 17.2. The molecule has 0 radical (unpaired) electrons. The number of rotatable bonds is 45. The summed E-state index contributed by atoms with van der Waals surface area (Å²) in [6.07, 6.45) is 42.2. The molecule has 0 bridgehead atoms. The number of esters is 2. The molecule has 0 aliphatic rings. The van der Waals surface area contributed by atoms with E-state index in [9.17, 15) is 14.7 Å². The van der Waals surface area contributed by atoms with Crippen molar-refractivity contribution in [3.05, 3.63) is 0 Å². The van der Waals surface area contributed by atoms with Gasteiger partial charge in [0.25, 0.3) is 0 Å². The Labute approximate surface area is 343 Å². The Bertz CT molecular complexity index is 791. The van der Waals surface area contributed by atoms with Gasteiger partial charge in [-0.05, 0) is 76.2 Å². The lowest BCUT2D eigenvalue weighted by atomic mass is 9.95. The number of hydrogen-bond acceptors (Lipinski definition) is 6. The summed E-state index contributed by atoms with van der Waals surface area (Å²) < 4.78 is 11.7. The molecule has 0 fully saturated rings. The molecule has 0 saturated carbocycles. The first kappa shape index (κ1) is 53.9. The molecular formula is C49H97NO5. The van der Waals surface area contributed by atoms with Crippen molar-refractivity contribution in [2.75, 3.05) is 26.4 Å². The molecule has 0 rings (SSSR count). The molecule has 55 heavy (non-hydrogen) atoms. The summed E-state index contributed by atoms with van der Waals surface area (Å²) in [6, 6.07) is 0.418. The summed E-state index contributed by atoms with van der Waals surface area (Å²) in [7, 11) is 0. The summed E-state index contributed by atoms with van der Waals surface area (Å²) in [6.45, 7) is 11.3. The standard InChI is InChI=1S/C49H97NO5/c1-5-9-13-17-20-26-35-45(33-24-16-12-8-4)43-54-48(52)39-30-22-28-37-47(50-41-32-42-51)38-29-23-31-40-49(53)55-44-46(34-25-19-15-11-7-3)36-27-21-18-14-10-6-2/h45-47,50-51H,5-44H2,1-4H3. The van der Waals surface area contributed by atoms with Crippen LogP contribution >= 0.6 is 0 Å². The van der Waals surface area contributed by atoms with Crippen LogP contribution in [0.1, 0.15) is 259 Å². The third kappa shape index (κ3) is 39.5. The third-order valence-corrected chi connectivity index (χ3v) is 11.7. The number of unbranched alkanes of at least 4 members (excludes halogenated alkanes) is 21. The average molecular weight is 780 g/mol. The van der Waals surface area contributed by atoms with Crippen LogP contribution in [0.3, 0.4) is 0 Å². The molecule has 0 spiro atoms. The molecular weight excluding hydrogens is 683 g/mol. The third-order valence-electron chi connectivity index (χ3n) is 11.7. The lowest BCUT2D eigenvalue weighted by Gasteiger charge is -2.19. The molecule has 0 aliphatic carbocycles. The monoisotopic (exact) mass is 780 g/mol. The molecule has 0 saturated heterocycles. The zero-order valence-electron chi connectivity index (χ0n) is 37.6. The number of ether oxygens (including phenoxy) is 2. The Hall–Kier alpha value is -1.14. The molecule has 328 valence electrons. The molecule has 0 aliphatic heterocycles. The fourth-order valence-corrected chi connectivity index (χ4v) is 7.92. The minimum atomic E-state index is -0.0200. The van der Waals surface area contributed by atoms with Gasteiger partial charge in [-0.3, -0.25) is 9.59 Å². The van der Waals surface area contributed by atoms with E-state index in [0.29, 0.717) is 43.9 Å². The number of nitrogens with one attached hydrogen (secondary N) is 1. The zero-order chi connectivity index (χ0) is 40.3. The van der Waals surface area contributed by atoms with Crippen molar-refractivity contribution >= 4 is 11.9 Å². The normalized spacial score (nSPS) is 13.2. The highest BCUT2D eigenvalue weighted by molar-refractivity contribution is 5.69. The fraction of sp³-hybridized carbons (Fsp3) is 0.959. The van der Waals surface area contributed by atoms with E-state index in [1.807, 2.05) is 0 Å². The smallest absolute Gasteiger partial charge is 0.305 e. The molecule has 0 amide bonds. The van der Waals surface area contributed by atoms with Gasteiger partial charge in [0.1, 0.15) is 0 Å². The van der Waals surface area contributed by atoms with Gasteiger partial charge in [-0.1, -0.05) is 188 Å². The van der Waals surface area contributed by atoms with Crippen LogP contribution in [0.2, 0.25) is 0 Å². The predicted octanol–water partition coefficient (Wildman–Crippen LogP) is 14.4. The van der Waals surface area contributed by atoms with Crippen LogP contribution < -0.4 is 5.32 Å². The second-order valence-corrected chi connectivity index (χ2v) is 17.2. The van der Waals surface area contributed by atoms with Gasteiger partial charge in [-0.2, -0.15) is 0 Å². The van der Waals surface area contributed by atoms with Crippen LogP contribution in [0.5, 0.6) is 0 Å². The fourth-order valence-electron chi connectivity index (χ4n) is 7.92. The van der Waals surface area contributed by atoms with Crippen molar-refractivity contribution in [1.82, 2.24) is 5.32 Å². The SMILES string of the molecule is CCCCCCCCC(CCCCCC)COC(=O)CCCCCC(CCCCCC(=O)OCC(CCCCCCC)CCCCCCCC)NCCCO. The van der Waals surface area contributed by atoms with Gasteiger partial charge in [0.15, 0.2) is 0 Å². The largest absolute Gasteiger partial charge is 0.465 e. The van der Waals surface area contributed by atoms with Crippen molar-refractivity contribution in [3.63, 3.8) is 0 Å². The van der Waals surface area contributed by atoms with Crippen LogP contribution in [0, 0.1) is 11.8 Å². The first-order valence-corrected chi connectivity index (χ1v) is 24.7. The molecule has 0 aromatic carbocycles. The highest BCUT2D eigenvalue weighted by Gasteiger charge is 2.15. The van der Waals surface area contributed by atoms with E-state index in [0.717, 1.165) is 64.3 Å². The number of carbonyl (C=O) groups excluding carboxylic acids is 2. The lowest BCUT2D eigenvalue weighted by Crippen LogP contribution is -2.30. The number of aliphatic hydroxyl groups excluding tert-OH is 1. The Morgan fingerprint density at radius 1 is 0.418 bits per heavy atom. The Kier molecular flexibility index (Phi) is 43.1. The maximum absolute atomic E-state index is 12.7. The minimum Gasteiger partial charge on any atom is -0.465 e. The molecule has 3 unspecified atom stereocenters. The Morgan fingerprint density at radius 2 is 0.727 bits per heavy atom. The lowest BCUT2D eigenvalue weighted by molar-refractivity contribution is -0.146. The van der Waals surface area contributed by atoms with Gasteiger partial charge in [0.2, 0.25) is 0 Å². The van der Waals surface area contributed by atoms with Gasteiger partial charge in [0, 0.05) is 25.5 Å². The van der Waals surface area contributed by atoms with E-state index in [2.05, 4.69) is 33.0 Å². The number of carbonyl (C=O) groups is 2. The molecule has 0 aromatic heterocycles. The van der Waals surface area contributed by atoms with Gasteiger partial charge in [0.05, 0.1) is 13.2 Å². The van der Waals surface area contributed by atoms with E-state index in [1.165, 1.54) is 161 Å². The molecule has 0 heterocycles. The number of aliphatic hydroxyl groups is 1. The highest BCUT2D eigenvalue weighted by Crippen LogP contribution is 2.22. The summed E-state index contributed by atoms with van der Waals surface area (Å²) in [5.74, 6) is 0.999. The van der Waals surface area contributed by atoms with E-state index in [4.69, 9.17) is 9.47 Å². The van der Waals surface area contributed by atoms with Gasteiger partial charge < -0.3 is 19.9 Å². The summed E-state index contributed by atoms with van der Waals surface area (Å²) in [4.78, 5) is 25.3.